The quantitative estimate of drug-likeness (QED) is 0.200. The molecule has 60 heavy (non-hydrogen) atoms. The Bertz CT molecular complexity index is 2070. The molecule has 17 nitrogen and oxygen atoms in total. The Kier molecular flexibility index (Phi) is 11.3. The van der Waals surface area contributed by atoms with Crippen LogP contribution in [-0.2, 0) is 52.3 Å². The van der Waals surface area contributed by atoms with Gasteiger partial charge in [0, 0.05) is 47.1 Å². The van der Waals surface area contributed by atoms with Gasteiger partial charge in [-0.15, -0.1) is 0 Å². The van der Waals surface area contributed by atoms with Gasteiger partial charge in [0.25, 0.3) is 0 Å². The van der Waals surface area contributed by atoms with Crippen LogP contribution in [0.4, 0.5) is 9.59 Å². The molecule has 2 N–H and O–H groups in total. The third kappa shape index (κ3) is 6.62. The van der Waals surface area contributed by atoms with Crippen molar-refractivity contribution < 1.29 is 71.8 Å². The Morgan fingerprint density at radius 2 is 1.60 bits per heavy atom. The second-order valence-corrected chi connectivity index (χ2v) is 16.6. The maximum atomic E-state index is 15.4. The predicted molar refractivity (Wildman–Crippen MR) is 206 cm³/mol. The highest BCUT2D eigenvalue weighted by atomic mass is 16.8. The van der Waals surface area contributed by atoms with Gasteiger partial charge in [-0.25, -0.2) is 19.2 Å². The lowest BCUT2D eigenvalue weighted by Crippen LogP contribution is -2.81. The molecule has 2 bridgehead atoms. The molecular formula is C43H50N2O15. The zero-order valence-electron chi connectivity index (χ0n) is 34.6. The first kappa shape index (κ1) is 42.8. The molecule has 4 fully saturated rings. The van der Waals surface area contributed by atoms with Crippen molar-refractivity contribution in [2.24, 2.45) is 17.3 Å². The number of methoxy groups -OCH3 is 2. The fourth-order valence-corrected chi connectivity index (χ4v) is 10.2. The number of carbonyl (C=O) groups is 6. The molecule has 1 unspecified atom stereocenters. The normalized spacial score (nSPS) is 33.4. The fourth-order valence-electron chi connectivity index (χ4n) is 10.2. The van der Waals surface area contributed by atoms with Crippen molar-refractivity contribution in [2.45, 2.75) is 94.1 Å². The first-order chi connectivity index (χ1) is 28.4. The Balaban J connectivity index is 1.45. The van der Waals surface area contributed by atoms with Gasteiger partial charge in [-0.1, -0.05) is 62.4 Å². The number of urea groups is 1. The standard InChI is InChI=1S/C43H50N2O15/c1-21-28-34(54-8)31(47)27-25(53-7)19-26-42(20-55-26,59-22(2)46)29(27)35(57-37(49)24-17-13-10-14-18-24)43(41(28,3)4)36(58-40(52)60-43)33(21)56-38(50)32(48)30(44-39(51)45(5)6)23-15-11-9-12-16-23/h9-18,25-27,29-30,32-36,48H,19-20H2,1-8H3,(H,44,51)/t25-,26+,27?,29+,30-,32+,33+,34+,35-,36-,42-,43-/m0/s1. The summed E-state index contributed by atoms with van der Waals surface area (Å²) in [6.07, 6.45) is -11.2. The first-order valence-corrected chi connectivity index (χ1v) is 19.6. The van der Waals surface area contributed by atoms with Crippen LogP contribution >= 0.6 is 0 Å². The minimum absolute atomic E-state index is 0.103. The average molecular weight is 835 g/mol. The fraction of sp³-hybridized carbons (Fsp3) is 0.535. The number of hydrogen-bond acceptors (Lipinski definition) is 15. The number of Topliss-reactive ketones (excluding diaryl/α,β-unsaturated/α-hetero) is 1. The molecule has 5 aliphatic rings. The van der Waals surface area contributed by atoms with Crippen LogP contribution in [0.25, 0.3) is 0 Å². The summed E-state index contributed by atoms with van der Waals surface area (Å²) >= 11 is 0. The number of fused-ring (bicyclic) bond motifs is 4. The van der Waals surface area contributed by atoms with E-state index in [0.29, 0.717) is 5.56 Å². The van der Waals surface area contributed by atoms with Gasteiger partial charge >= 0.3 is 30.1 Å². The van der Waals surface area contributed by atoms with Gasteiger partial charge in [0.05, 0.1) is 36.2 Å². The third-order valence-corrected chi connectivity index (χ3v) is 12.9. The van der Waals surface area contributed by atoms with Crippen LogP contribution in [-0.4, -0.2) is 135 Å². The molecule has 2 heterocycles. The molecule has 2 amide bonds. The maximum Gasteiger partial charge on any atom is 0.509 e. The van der Waals surface area contributed by atoms with Crippen LogP contribution in [0.5, 0.6) is 0 Å². The number of benzene rings is 2. The van der Waals surface area contributed by atoms with Gasteiger partial charge in [-0.3, -0.25) is 9.59 Å². The number of esters is 3. The number of ketones is 1. The summed E-state index contributed by atoms with van der Waals surface area (Å²) in [6, 6.07) is 14.3. The van der Waals surface area contributed by atoms with E-state index in [1.165, 1.54) is 52.3 Å². The van der Waals surface area contributed by atoms with E-state index in [2.05, 4.69) is 5.32 Å². The molecule has 2 saturated carbocycles. The van der Waals surface area contributed by atoms with E-state index >= 15 is 4.79 Å². The number of carbonyl (C=O) groups excluding carboxylic acids is 6. The molecule has 3 aliphatic carbocycles. The summed E-state index contributed by atoms with van der Waals surface area (Å²) in [5.41, 5.74) is -4.41. The first-order valence-electron chi connectivity index (χ1n) is 19.6. The predicted octanol–water partition coefficient (Wildman–Crippen LogP) is 3.08. The molecule has 0 aromatic heterocycles. The molecule has 2 saturated heterocycles. The summed E-state index contributed by atoms with van der Waals surface area (Å²) in [5.74, 6) is -5.93. The SMILES string of the molecule is CO[C@H]1C(=O)C2[C@@H](OC)C[C@H]3OC[C@@]3(OC(C)=O)[C@H]2[C@H](OC(=O)c2ccccc2)[C@]23OC(=O)O[C@H]2[C@H](OC(=O)[C@H](O)[C@@H](NC(=O)N(C)C)c2ccccc2)C(C)=C1C3(C)C. The minimum atomic E-state index is -2.17. The Labute approximate surface area is 346 Å². The number of aliphatic hydroxyl groups is 1. The molecular weight excluding hydrogens is 784 g/mol. The average Bonchev–Trinajstić information content (AvgIpc) is 3.58. The molecule has 12 atom stereocenters. The van der Waals surface area contributed by atoms with E-state index in [1.54, 1.807) is 69.3 Å². The number of ether oxygens (including phenoxy) is 8. The van der Waals surface area contributed by atoms with Crippen molar-refractivity contribution in [3.63, 3.8) is 0 Å². The van der Waals surface area contributed by atoms with Crippen LogP contribution in [0.3, 0.4) is 0 Å². The summed E-state index contributed by atoms with van der Waals surface area (Å²) in [5, 5.41) is 14.4. The summed E-state index contributed by atoms with van der Waals surface area (Å²) in [7, 11) is 5.72. The summed E-state index contributed by atoms with van der Waals surface area (Å²) in [4.78, 5) is 85.2. The van der Waals surface area contributed by atoms with Crippen molar-refractivity contribution >= 4 is 35.9 Å². The summed E-state index contributed by atoms with van der Waals surface area (Å²) in [6.45, 7) is 5.90. The maximum absolute atomic E-state index is 15.4. The Morgan fingerprint density at radius 1 is 0.950 bits per heavy atom. The summed E-state index contributed by atoms with van der Waals surface area (Å²) < 4.78 is 49.3. The van der Waals surface area contributed by atoms with Crippen molar-refractivity contribution in [1.82, 2.24) is 10.2 Å². The van der Waals surface area contributed by atoms with Crippen LogP contribution < -0.4 is 5.32 Å². The number of nitrogens with zero attached hydrogens (tertiary/aromatic N) is 1. The minimum Gasteiger partial charge on any atom is -0.454 e. The smallest absolute Gasteiger partial charge is 0.454 e. The van der Waals surface area contributed by atoms with Gasteiger partial charge in [0.15, 0.2) is 35.8 Å². The van der Waals surface area contributed by atoms with Crippen LogP contribution in [0.15, 0.2) is 71.8 Å². The molecule has 322 valence electrons. The highest BCUT2D eigenvalue weighted by Crippen LogP contribution is 2.64. The zero-order valence-corrected chi connectivity index (χ0v) is 34.6. The lowest BCUT2D eigenvalue weighted by Gasteiger charge is -2.65. The monoisotopic (exact) mass is 834 g/mol. The van der Waals surface area contributed by atoms with Crippen molar-refractivity contribution in [3.05, 3.63) is 82.9 Å². The Hall–Kier alpha value is -5.36. The third-order valence-electron chi connectivity index (χ3n) is 12.9. The van der Waals surface area contributed by atoms with Crippen LogP contribution in [0.2, 0.25) is 0 Å². The molecule has 2 aliphatic heterocycles. The van der Waals surface area contributed by atoms with Gasteiger partial charge in [0.2, 0.25) is 5.60 Å². The largest absolute Gasteiger partial charge is 0.509 e. The molecule has 0 radical (unpaired) electrons. The van der Waals surface area contributed by atoms with Gasteiger partial charge in [0.1, 0.15) is 12.2 Å². The van der Waals surface area contributed by atoms with Crippen LogP contribution in [0, 0.1) is 17.3 Å². The van der Waals surface area contributed by atoms with Crippen LogP contribution in [0.1, 0.15) is 56.1 Å². The number of rotatable bonds is 10. The second kappa shape index (κ2) is 15.9. The van der Waals surface area contributed by atoms with Crippen molar-refractivity contribution in [2.75, 3.05) is 34.9 Å². The molecule has 2 aromatic rings. The Morgan fingerprint density at radius 3 is 2.17 bits per heavy atom. The lowest BCUT2D eigenvalue weighted by molar-refractivity contribution is -0.333. The van der Waals surface area contributed by atoms with E-state index in [1.807, 2.05) is 0 Å². The van der Waals surface area contributed by atoms with E-state index in [4.69, 9.17) is 37.9 Å². The molecule has 1 spiro atoms. The second-order valence-electron chi connectivity index (χ2n) is 16.6. The van der Waals surface area contributed by atoms with Gasteiger partial charge in [-0.2, -0.15) is 0 Å². The van der Waals surface area contributed by atoms with Gasteiger partial charge < -0.3 is 53.2 Å². The lowest BCUT2D eigenvalue weighted by atomic mass is 9.48. The van der Waals surface area contributed by atoms with Gasteiger partial charge in [-0.05, 0) is 35.8 Å². The molecule has 17 heteroatoms. The number of amides is 2. The molecule has 7 rings (SSSR count). The highest BCUT2D eigenvalue weighted by molar-refractivity contribution is 5.92. The highest BCUT2D eigenvalue weighted by Gasteiger charge is 2.81. The van der Waals surface area contributed by atoms with Crippen molar-refractivity contribution in [1.29, 1.82) is 0 Å². The number of hydrogen-bond donors (Lipinski definition) is 2. The number of nitrogens with one attached hydrogen (secondary N) is 1. The van der Waals surface area contributed by atoms with E-state index < -0.39 is 113 Å². The van der Waals surface area contributed by atoms with E-state index in [-0.39, 0.29) is 29.7 Å². The van der Waals surface area contributed by atoms with E-state index in [9.17, 15) is 29.1 Å². The number of aliphatic hydroxyl groups excluding tert-OH is 1. The molecule has 2 aromatic carbocycles. The topological polar surface area (TPSA) is 212 Å². The van der Waals surface area contributed by atoms with Crippen molar-refractivity contribution in [3.8, 4) is 0 Å². The van der Waals surface area contributed by atoms with E-state index in [0.717, 1.165) is 0 Å². The zero-order chi connectivity index (χ0) is 43.5.